The molecule has 0 aliphatic heterocycles. The van der Waals surface area contributed by atoms with E-state index in [2.05, 4.69) is 49.9 Å². The number of hydrogen-bond donors (Lipinski definition) is 3. The second-order valence-electron chi connectivity index (χ2n) is 11.2. The van der Waals surface area contributed by atoms with Crippen LogP contribution in [-0.4, -0.2) is 36.0 Å². The summed E-state index contributed by atoms with van der Waals surface area (Å²) in [7, 11) is 1.77. The molecule has 0 spiro atoms. The second kappa shape index (κ2) is 8.04. The van der Waals surface area contributed by atoms with Crippen molar-refractivity contribution in [2.75, 3.05) is 0 Å². The zero-order valence-corrected chi connectivity index (χ0v) is 20.3. The van der Waals surface area contributed by atoms with Crippen molar-refractivity contribution >= 4 is 17.1 Å². The first-order chi connectivity index (χ1) is 15.4. The largest absolute Gasteiger partial charge is 0.347 e. The van der Waals surface area contributed by atoms with Crippen LogP contribution in [0.3, 0.4) is 0 Å². The molecule has 3 aromatic heterocycles. The number of fused-ring (bicyclic) bond motifs is 1. The number of nitrogens with one attached hydrogen (secondary N) is 3. The first kappa shape index (κ1) is 23.1. The molecule has 1 fully saturated rings. The highest BCUT2D eigenvalue weighted by Gasteiger charge is 2.38. The van der Waals surface area contributed by atoms with E-state index in [1.807, 2.05) is 12.1 Å². The average molecular weight is 455 g/mol. The Labute approximate surface area is 192 Å². The molecule has 0 radical (unpaired) electrons. The second-order valence-corrected chi connectivity index (χ2v) is 11.2. The molecule has 9 heteroatoms. The van der Waals surface area contributed by atoms with E-state index in [4.69, 9.17) is 4.98 Å². The van der Waals surface area contributed by atoms with E-state index in [1.54, 1.807) is 16.2 Å². The van der Waals surface area contributed by atoms with Crippen molar-refractivity contribution in [1.82, 2.24) is 29.4 Å². The summed E-state index contributed by atoms with van der Waals surface area (Å²) in [5, 5.41) is 3.11. The summed E-state index contributed by atoms with van der Waals surface area (Å²) < 4.78 is 3.43. The number of hydrogen-bond acceptors (Lipinski definition) is 4. The van der Waals surface area contributed by atoms with Crippen molar-refractivity contribution in [2.24, 2.45) is 17.9 Å². The lowest BCUT2D eigenvalue weighted by molar-refractivity contribution is 0.0832. The van der Waals surface area contributed by atoms with Gasteiger partial charge in [0.1, 0.15) is 5.69 Å². The Morgan fingerprint density at radius 3 is 2.64 bits per heavy atom. The molecule has 9 nitrogen and oxygen atoms in total. The number of rotatable bonds is 4. The highest BCUT2D eigenvalue weighted by atomic mass is 16.2. The van der Waals surface area contributed by atoms with Crippen molar-refractivity contribution in [3.63, 3.8) is 0 Å². The van der Waals surface area contributed by atoms with Gasteiger partial charge in [-0.15, -0.1) is 0 Å². The molecule has 3 aromatic rings. The summed E-state index contributed by atoms with van der Waals surface area (Å²) >= 11 is 0. The number of imidazole rings is 2. The molecule has 4 rings (SSSR count). The minimum absolute atomic E-state index is 0.0269. The van der Waals surface area contributed by atoms with Crippen LogP contribution in [0.4, 0.5) is 0 Å². The standard InChI is InChI=1S/C24H34N6O3/c1-23(2,3)13-30-17-8-7-15(26-19(17)29(6)22(30)33)14-9-10-24(4,5)18(11-14)28-20(31)16-12-25-21(32)27-16/h7-8,12,14,18H,9-11,13H2,1-6H3,(H,28,31)(H2,25,27,32). The number of nitrogens with zero attached hydrogens (tertiary/aromatic N) is 3. The normalized spacial score (nSPS) is 20.8. The lowest BCUT2D eigenvalue weighted by Gasteiger charge is -2.42. The van der Waals surface area contributed by atoms with Gasteiger partial charge in [0.05, 0.1) is 5.52 Å². The Balaban J connectivity index is 1.61. The molecule has 2 atom stereocenters. The highest BCUT2D eigenvalue weighted by molar-refractivity contribution is 5.92. The van der Waals surface area contributed by atoms with Gasteiger partial charge in [0.2, 0.25) is 0 Å². The SMILES string of the molecule is Cn1c(=O)n(CC(C)(C)C)c2ccc(C3CCC(C)(C)C(NC(=O)c4c[nH]c(=O)[nH]4)C3)nc21. The Morgan fingerprint density at radius 1 is 1.27 bits per heavy atom. The van der Waals surface area contributed by atoms with Crippen molar-refractivity contribution in [1.29, 1.82) is 0 Å². The maximum Gasteiger partial charge on any atom is 0.330 e. The Morgan fingerprint density at radius 2 is 2.00 bits per heavy atom. The Kier molecular flexibility index (Phi) is 5.62. The third kappa shape index (κ3) is 4.54. The van der Waals surface area contributed by atoms with Crippen LogP contribution < -0.4 is 16.7 Å². The molecule has 1 saturated carbocycles. The van der Waals surface area contributed by atoms with Crippen LogP contribution in [0.5, 0.6) is 0 Å². The van der Waals surface area contributed by atoms with Gasteiger partial charge in [-0.3, -0.25) is 13.9 Å². The van der Waals surface area contributed by atoms with Crippen molar-refractivity contribution in [3.8, 4) is 0 Å². The fraction of sp³-hybridized carbons (Fsp3) is 0.583. The van der Waals surface area contributed by atoms with Crippen LogP contribution in [0.1, 0.15) is 76.0 Å². The summed E-state index contributed by atoms with van der Waals surface area (Å²) in [6.07, 6.45) is 4.01. The van der Waals surface area contributed by atoms with Gasteiger partial charge in [-0.2, -0.15) is 0 Å². The van der Waals surface area contributed by atoms with E-state index in [0.29, 0.717) is 12.2 Å². The van der Waals surface area contributed by atoms with Gasteiger partial charge in [-0.25, -0.2) is 14.6 Å². The predicted molar refractivity (Wildman–Crippen MR) is 127 cm³/mol. The minimum atomic E-state index is -0.401. The maximum atomic E-state index is 12.9. The van der Waals surface area contributed by atoms with Gasteiger partial charge in [0.25, 0.3) is 5.91 Å². The molecule has 1 aliphatic carbocycles. The monoisotopic (exact) mass is 454 g/mol. The number of H-pyrrole nitrogens is 2. The Bertz CT molecular complexity index is 1300. The van der Waals surface area contributed by atoms with E-state index in [9.17, 15) is 14.4 Å². The topological polar surface area (TPSA) is 118 Å². The summed E-state index contributed by atoms with van der Waals surface area (Å²) in [6.45, 7) is 11.3. The first-order valence-electron chi connectivity index (χ1n) is 11.5. The molecule has 178 valence electrons. The lowest BCUT2D eigenvalue weighted by Crippen LogP contribution is -2.48. The van der Waals surface area contributed by atoms with Crippen molar-refractivity contribution in [3.05, 3.63) is 50.7 Å². The molecule has 0 aromatic carbocycles. The number of carbonyl (C=O) groups is 1. The first-order valence-corrected chi connectivity index (χ1v) is 11.5. The minimum Gasteiger partial charge on any atom is -0.347 e. The van der Waals surface area contributed by atoms with E-state index < -0.39 is 5.69 Å². The third-order valence-corrected chi connectivity index (χ3v) is 6.80. The average Bonchev–Trinajstić information content (AvgIpc) is 3.26. The highest BCUT2D eigenvalue weighted by Crippen LogP contribution is 2.42. The van der Waals surface area contributed by atoms with Crippen molar-refractivity contribution in [2.45, 2.75) is 72.4 Å². The van der Waals surface area contributed by atoms with Crippen LogP contribution in [-0.2, 0) is 13.6 Å². The van der Waals surface area contributed by atoms with E-state index in [-0.39, 0.29) is 40.1 Å². The van der Waals surface area contributed by atoms with Gasteiger partial charge in [-0.05, 0) is 42.2 Å². The third-order valence-electron chi connectivity index (χ3n) is 6.80. The van der Waals surface area contributed by atoms with Gasteiger partial charge in [-0.1, -0.05) is 34.6 Å². The fourth-order valence-corrected chi connectivity index (χ4v) is 4.80. The molecule has 1 aliphatic rings. The molecule has 3 heterocycles. The zero-order chi connectivity index (χ0) is 24.1. The lowest BCUT2D eigenvalue weighted by atomic mass is 9.68. The van der Waals surface area contributed by atoms with Crippen molar-refractivity contribution < 1.29 is 4.79 Å². The van der Waals surface area contributed by atoms with Gasteiger partial charge < -0.3 is 15.3 Å². The van der Waals surface area contributed by atoms with Crippen LogP contribution in [0.2, 0.25) is 0 Å². The number of pyridine rings is 1. The number of carbonyl (C=O) groups excluding carboxylic acids is 1. The zero-order valence-electron chi connectivity index (χ0n) is 20.3. The molecule has 0 saturated heterocycles. The summed E-state index contributed by atoms with van der Waals surface area (Å²) in [6, 6.07) is 3.95. The predicted octanol–water partition coefficient (Wildman–Crippen LogP) is 2.89. The summed E-state index contributed by atoms with van der Waals surface area (Å²) in [5.74, 6) is -0.129. The summed E-state index contributed by atoms with van der Waals surface area (Å²) in [4.78, 5) is 46.8. The van der Waals surface area contributed by atoms with Crippen LogP contribution >= 0.6 is 0 Å². The maximum absolute atomic E-state index is 12.9. The van der Waals surface area contributed by atoms with Crippen LogP contribution in [0, 0.1) is 10.8 Å². The smallest absolute Gasteiger partial charge is 0.330 e. The molecule has 1 amide bonds. The molecular formula is C24H34N6O3. The number of aromatic amines is 2. The van der Waals surface area contributed by atoms with E-state index in [1.165, 1.54) is 6.20 Å². The number of aryl methyl sites for hydroxylation is 1. The fourth-order valence-electron chi connectivity index (χ4n) is 4.80. The molecule has 0 bridgehead atoms. The number of aromatic nitrogens is 5. The molecule has 33 heavy (non-hydrogen) atoms. The van der Waals surface area contributed by atoms with E-state index >= 15 is 0 Å². The molecular weight excluding hydrogens is 420 g/mol. The molecule has 2 unspecified atom stereocenters. The summed E-state index contributed by atoms with van der Waals surface area (Å²) in [5.41, 5.74) is 2.14. The van der Waals surface area contributed by atoms with Crippen LogP contribution in [0.15, 0.2) is 27.9 Å². The van der Waals surface area contributed by atoms with Gasteiger partial charge in [0, 0.05) is 37.4 Å². The quantitative estimate of drug-likeness (QED) is 0.562. The Hall–Kier alpha value is -3.10. The molecule has 3 N–H and O–H groups in total. The van der Waals surface area contributed by atoms with Gasteiger partial charge in [0.15, 0.2) is 5.65 Å². The van der Waals surface area contributed by atoms with Gasteiger partial charge >= 0.3 is 11.4 Å². The van der Waals surface area contributed by atoms with E-state index in [0.717, 1.165) is 30.5 Å². The number of amides is 1. The van der Waals surface area contributed by atoms with Crippen LogP contribution in [0.25, 0.3) is 11.2 Å².